The van der Waals surface area contributed by atoms with E-state index in [1.54, 1.807) is 25.5 Å². The summed E-state index contributed by atoms with van der Waals surface area (Å²) in [5, 5.41) is 9.65. The van der Waals surface area contributed by atoms with E-state index in [4.69, 9.17) is 4.74 Å². The van der Waals surface area contributed by atoms with Crippen LogP contribution in [-0.2, 0) is 11.3 Å². The van der Waals surface area contributed by atoms with Crippen LogP contribution in [0.1, 0.15) is 11.9 Å². The zero-order chi connectivity index (χ0) is 15.8. The van der Waals surface area contributed by atoms with Gasteiger partial charge < -0.3 is 15.4 Å². The molecule has 0 bridgehead atoms. The molecule has 2 N–H and O–H groups in total. The van der Waals surface area contributed by atoms with Crippen molar-refractivity contribution in [3.8, 4) is 11.3 Å². The van der Waals surface area contributed by atoms with Gasteiger partial charge in [0.1, 0.15) is 5.01 Å². The number of rotatable bonds is 6. The van der Waals surface area contributed by atoms with Crippen molar-refractivity contribution in [1.29, 1.82) is 0 Å². The summed E-state index contributed by atoms with van der Waals surface area (Å²) in [5.74, 6) is 0.751. The fourth-order valence-electron chi connectivity index (χ4n) is 2.01. The Bertz CT molecular complexity index is 597. The molecule has 5 nitrogen and oxygen atoms in total. The largest absolute Gasteiger partial charge is 0.383 e. The highest BCUT2D eigenvalue weighted by atomic mass is 32.1. The first-order valence-electron chi connectivity index (χ1n) is 7.19. The topological polar surface area (TPSA) is 58.5 Å². The van der Waals surface area contributed by atoms with Crippen molar-refractivity contribution in [2.24, 2.45) is 4.99 Å². The molecule has 2 rings (SSSR count). The van der Waals surface area contributed by atoms with Crippen LogP contribution in [-0.4, -0.2) is 37.7 Å². The summed E-state index contributed by atoms with van der Waals surface area (Å²) in [6.45, 7) is 3.33. The van der Waals surface area contributed by atoms with Crippen LogP contribution in [0.5, 0.6) is 0 Å². The van der Waals surface area contributed by atoms with Crippen molar-refractivity contribution in [2.75, 3.05) is 20.8 Å². The molecule has 6 heteroatoms. The van der Waals surface area contributed by atoms with Crippen molar-refractivity contribution >= 4 is 17.3 Å². The van der Waals surface area contributed by atoms with Gasteiger partial charge in [-0.2, -0.15) is 0 Å². The van der Waals surface area contributed by atoms with Crippen molar-refractivity contribution < 1.29 is 4.74 Å². The molecule has 118 valence electrons. The summed E-state index contributed by atoms with van der Waals surface area (Å²) >= 11 is 1.64. The van der Waals surface area contributed by atoms with Crippen molar-refractivity contribution in [3.63, 3.8) is 0 Å². The Kier molecular flexibility index (Phi) is 6.36. The van der Waals surface area contributed by atoms with Crippen LogP contribution < -0.4 is 10.6 Å². The molecule has 1 aromatic carbocycles. The third-order valence-corrected chi connectivity index (χ3v) is 3.90. The van der Waals surface area contributed by atoms with Crippen LogP contribution >= 0.6 is 11.3 Å². The maximum atomic E-state index is 5.11. The van der Waals surface area contributed by atoms with Gasteiger partial charge in [0.25, 0.3) is 0 Å². The van der Waals surface area contributed by atoms with E-state index in [1.165, 1.54) is 0 Å². The quantitative estimate of drug-likeness (QED) is 0.635. The molecular formula is C16H22N4OS. The van der Waals surface area contributed by atoms with Gasteiger partial charge in [-0.05, 0) is 6.92 Å². The number of hydrogen-bond donors (Lipinski definition) is 2. The van der Waals surface area contributed by atoms with Gasteiger partial charge in [-0.3, -0.25) is 4.99 Å². The number of nitrogens with one attached hydrogen (secondary N) is 2. The predicted molar refractivity (Wildman–Crippen MR) is 92.2 cm³/mol. The Morgan fingerprint density at radius 3 is 2.82 bits per heavy atom. The van der Waals surface area contributed by atoms with Gasteiger partial charge in [0.15, 0.2) is 5.96 Å². The minimum atomic E-state index is 0.201. The van der Waals surface area contributed by atoms with Gasteiger partial charge in [0, 0.05) is 31.1 Å². The van der Waals surface area contributed by atoms with E-state index >= 15 is 0 Å². The SMILES string of the molecule is CN=C(NCc1nc(-c2ccccc2)cs1)NC(C)COC. The third-order valence-electron chi connectivity index (χ3n) is 3.05. The van der Waals surface area contributed by atoms with E-state index in [0.29, 0.717) is 13.2 Å². The highest BCUT2D eigenvalue weighted by Crippen LogP contribution is 2.21. The smallest absolute Gasteiger partial charge is 0.191 e. The lowest BCUT2D eigenvalue weighted by Gasteiger charge is -2.16. The maximum Gasteiger partial charge on any atom is 0.191 e. The van der Waals surface area contributed by atoms with Crippen LogP contribution in [0.2, 0.25) is 0 Å². The fraction of sp³-hybridized carbons (Fsp3) is 0.375. The lowest BCUT2D eigenvalue weighted by Crippen LogP contribution is -2.43. The first kappa shape index (κ1) is 16.5. The fourth-order valence-corrected chi connectivity index (χ4v) is 2.76. The molecule has 0 aliphatic carbocycles. The summed E-state index contributed by atoms with van der Waals surface area (Å²) in [6.07, 6.45) is 0. The van der Waals surface area contributed by atoms with E-state index in [2.05, 4.69) is 38.1 Å². The van der Waals surface area contributed by atoms with Crippen molar-refractivity contribution in [3.05, 3.63) is 40.7 Å². The molecule has 0 aliphatic heterocycles. The normalized spacial score (nSPS) is 13.0. The Labute approximate surface area is 135 Å². The molecule has 1 atom stereocenters. The lowest BCUT2D eigenvalue weighted by atomic mass is 10.2. The zero-order valence-electron chi connectivity index (χ0n) is 13.2. The van der Waals surface area contributed by atoms with Crippen molar-refractivity contribution in [1.82, 2.24) is 15.6 Å². The molecule has 0 spiro atoms. The van der Waals surface area contributed by atoms with E-state index in [9.17, 15) is 0 Å². The first-order valence-corrected chi connectivity index (χ1v) is 8.07. The molecule has 0 amide bonds. The second-order valence-corrected chi connectivity index (χ2v) is 5.86. The summed E-state index contributed by atoms with van der Waals surface area (Å²) in [5.41, 5.74) is 2.15. The number of methoxy groups -OCH3 is 1. The summed E-state index contributed by atoms with van der Waals surface area (Å²) in [4.78, 5) is 8.86. The summed E-state index contributed by atoms with van der Waals surface area (Å²) < 4.78 is 5.11. The standard InChI is InChI=1S/C16H22N4OS/c1-12(10-21-3)19-16(17-2)18-9-15-20-14(11-22-15)13-7-5-4-6-8-13/h4-8,11-12H,9-10H2,1-3H3,(H2,17,18,19). The molecule has 1 heterocycles. The second kappa shape index (κ2) is 8.51. The van der Waals surface area contributed by atoms with Crippen LogP contribution in [0.15, 0.2) is 40.7 Å². The van der Waals surface area contributed by atoms with Gasteiger partial charge in [-0.25, -0.2) is 4.98 Å². The van der Waals surface area contributed by atoms with Crippen LogP contribution in [0.25, 0.3) is 11.3 Å². The maximum absolute atomic E-state index is 5.11. The third kappa shape index (κ3) is 4.82. The van der Waals surface area contributed by atoms with Gasteiger partial charge >= 0.3 is 0 Å². The Morgan fingerprint density at radius 1 is 1.36 bits per heavy atom. The average molecular weight is 318 g/mol. The highest BCUT2D eigenvalue weighted by Gasteiger charge is 2.07. The minimum Gasteiger partial charge on any atom is -0.383 e. The molecule has 1 aromatic heterocycles. The van der Waals surface area contributed by atoms with Crippen LogP contribution in [0.3, 0.4) is 0 Å². The summed E-state index contributed by atoms with van der Waals surface area (Å²) in [7, 11) is 3.45. The molecule has 0 radical (unpaired) electrons. The number of hydrogen-bond acceptors (Lipinski definition) is 4. The molecule has 1 unspecified atom stereocenters. The average Bonchev–Trinajstić information content (AvgIpc) is 3.01. The highest BCUT2D eigenvalue weighted by molar-refractivity contribution is 7.09. The molecule has 0 fully saturated rings. The molecule has 0 saturated heterocycles. The second-order valence-electron chi connectivity index (χ2n) is 4.92. The number of aliphatic imine (C=N–C) groups is 1. The van der Waals surface area contributed by atoms with Gasteiger partial charge in [-0.1, -0.05) is 30.3 Å². The minimum absolute atomic E-state index is 0.201. The summed E-state index contributed by atoms with van der Waals surface area (Å²) in [6, 6.07) is 10.4. The van der Waals surface area contributed by atoms with Gasteiger partial charge in [0.2, 0.25) is 0 Å². The molecular weight excluding hydrogens is 296 g/mol. The van der Waals surface area contributed by atoms with E-state index in [1.807, 2.05) is 25.1 Å². The Balaban J connectivity index is 1.90. The Morgan fingerprint density at radius 2 is 2.14 bits per heavy atom. The van der Waals surface area contributed by atoms with Gasteiger partial charge in [0.05, 0.1) is 18.8 Å². The predicted octanol–water partition coefficient (Wildman–Crippen LogP) is 2.51. The lowest BCUT2D eigenvalue weighted by molar-refractivity contribution is 0.179. The van der Waals surface area contributed by atoms with Crippen LogP contribution in [0, 0.1) is 0 Å². The number of ether oxygens (including phenoxy) is 1. The number of nitrogens with zero attached hydrogens (tertiary/aromatic N) is 2. The monoisotopic (exact) mass is 318 g/mol. The van der Waals surface area contributed by atoms with E-state index in [0.717, 1.165) is 22.2 Å². The molecule has 0 aliphatic rings. The zero-order valence-corrected chi connectivity index (χ0v) is 14.0. The molecule has 2 aromatic rings. The Hall–Kier alpha value is -1.92. The number of guanidine groups is 1. The number of thiazole rings is 1. The first-order chi connectivity index (χ1) is 10.7. The number of benzene rings is 1. The van der Waals surface area contributed by atoms with E-state index in [-0.39, 0.29) is 6.04 Å². The molecule has 22 heavy (non-hydrogen) atoms. The van der Waals surface area contributed by atoms with Crippen LogP contribution in [0.4, 0.5) is 0 Å². The number of aromatic nitrogens is 1. The molecule has 0 saturated carbocycles. The van der Waals surface area contributed by atoms with E-state index < -0.39 is 0 Å². The van der Waals surface area contributed by atoms with Gasteiger partial charge in [-0.15, -0.1) is 11.3 Å². The van der Waals surface area contributed by atoms with Crippen molar-refractivity contribution in [2.45, 2.75) is 19.5 Å².